The van der Waals surface area contributed by atoms with E-state index in [0.29, 0.717) is 22.7 Å². The summed E-state index contributed by atoms with van der Waals surface area (Å²) in [6.07, 6.45) is 2.19. The first-order chi connectivity index (χ1) is 16.4. The van der Waals surface area contributed by atoms with Crippen molar-refractivity contribution in [2.45, 2.75) is 66.1 Å². The van der Waals surface area contributed by atoms with Crippen LogP contribution in [0.5, 0.6) is 0 Å². The molecular weight excluding hydrogens is 486 g/mol. The molecule has 0 aromatic heterocycles. The molecule has 0 saturated heterocycles. The van der Waals surface area contributed by atoms with Gasteiger partial charge < -0.3 is 10.2 Å². The first-order valence-corrected chi connectivity index (χ1v) is 14.0. The Labute approximate surface area is 214 Å². The summed E-state index contributed by atoms with van der Waals surface area (Å²) in [5.74, 6) is -0.728. The van der Waals surface area contributed by atoms with Crippen molar-refractivity contribution in [2.75, 3.05) is 17.1 Å². The van der Waals surface area contributed by atoms with Gasteiger partial charge in [-0.05, 0) is 56.9 Å². The minimum Gasteiger partial charge on any atom is -0.352 e. The van der Waals surface area contributed by atoms with Crippen LogP contribution in [0.15, 0.2) is 42.5 Å². The minimum atomic E-state index is -3.81. The average molecular weight is 522 g/mol. The Hall–Kier alpha value is -2.58. The van der Waals surface area contributed by atoms with Gasteiger partial charge in [-0.15, -0.1) is 0 Å². The standard InChI is InChI=1S/C26H36ClN3O4S/c1-7-20(5)28-26(32)23(8-2)29(16-21-12-9-18(3)10-13-21)25(31)17-30(35(6,33)34)24-15-22(27)14-11-19(24)4/h9-15,20,23H,7-8,16-17H2,1-6H3,(H,28,32). The van der Waals surface area contributed by atoms with Crippen LogP contribution in [-0.4, -0.2) is 50.0 Å². The Morgan fingerprint density at radius 1 is 1.03 bits per heavy atom. The summed E-state index contributed by atoms with van der Waals surface area (Å²) < 4.78 is 26.5. The topological polar surface area (TPSA) is 86.8 Å². The van der Waals surface area contributed by atoms with Crippen molar-refractivity contribution >= 4 is 39.1 Å². The second kappa shape index (κ2) is 12.4. The molecule has 0 bridgehead atoms. The highest BCUT2D eigenvalue weighted by Gasteiger charge is 2.32. The van der Waals surface area contributed by atoms with Gasteiger partial charge in [0.1, 0.15) is 12.6 Å². The molecule has 7 nitrogen and oxygen atoms in total. The molecule has 0 fully saturated rings. The molecule has 0 aliphatic heterocycles. The molecule has 0 aliphatic carbocycles. The predicted octanol–water partition coefficient (Wildman–Crippen LogP) is 4.44. The third-order valence-electron chi connectivity index (χ3n) is 5.98. The van der Waals surface area contributed by atoms with E-state index in [1.807, 2.05) is 52.0 Å². The number of amides is 2. The monoisotopic (exact) mass is 521 g/mol. The fourth-order valence-corrected chi connectivity index (χ4v) is 4.76. The number of rotatable bonds is 11. The quantitative estimate of drug-likeness (QED) is 0.473. The van der Waals surface area contributed by atoms with Gasteiger partial charge in [0.15, 0.2) is 0 Å². The Morgan fingerprint density at radius 2 is 1.66 bits per heavy atom. The van der Waals surface area contributed by atoms with Crippen molar-refractivity contribution in [3.05, 3.63) is 64.2 Å². The third-order valence-corrected chi connectivity index (χ3v) is 7.34. The zero-order chi connectivity index (χ0) is 26.3. The highest BCUT2D eigenvalue weighted by molar-refractivity contribution is 7.92. The third kappa shape index (κ3) is 7.97. The number of halogens is 1. The van der Waals surface area contributed by atoms with E-state index < -0.39 is 28.5 Å². The van der Waals surface area contributed by atoms with Crippen molar-refractivity contribution in [3.63, 3.8) is 0 Å². The van der Waals surface area contributed by atoms with Crippen molar-refractivity contribution in [3.8, 4) is 0 Å². The van der Waals surface area contributed by atoms with E-state index in [-0.39, 0.29) is 18.5 Å². The van der Waals surface area contributed by atoms with Gasteiger partial charge in [-0.25, -0.2) is 8.42 Å². The van der Waals surface area contributed by atoms with Crippen LogP contribution < -0.4 is 9.62 Å². The van der Waals surface area contributed by atoms with Gasteiger partial charge in [-0.2, -0.15) is 0 Å². The Balaban J connectivity index is 2.47. The van der Waals surface area contributed by atoms with E-state index in [2.05, 4.69) is 5.32 Å². The maximum absolute atomic E-state index is 13.7. The largest absolute Gasteiger partial charge is 0.352 e. The molecule has 0 aliphatic rings. The van der Waals surface area contributed by atoms with E-state index >= 15 is 0 Å². The van der Waals surface area contributed by atoms with Gasteiger partial charge in [0, 0.05) is 17.6 Å². The lowest BCUT2D eigenvalue weighted by Gasteiger charge is -2.33. The van der Waals surface area contributed by atoms with Gasteiger partial charge in [-0.3, -0.25) is 13.9 Å². The summed E-state index contributed by atoms with van der Waals surface area (Å²) in [5, 5.41) is 3.32. The lowest BCUT2D eigenvalue weighted by Crippen LogP contribution is -2.53. The first kappa shape index (κ1) is 28.7. The SMILES string of the molecule is CCC(C)NC(=O)C(CC)N(Cc1ccc(C)cc1)C(=O)CN(c1cc(Cl)ccc1C)S(C)(=O)=O. The van der Waals surface area contributed by atoms with Crippen LogP contribution in [0.1, 0.15) is 50.3 Å². The molecule has 2 unspecified atom stereocenters. The molecule has 35 heavy (non-hydrogen) atoms. The maximum Gasteiger partial charge on any atom is 0.244 e. The number of sulfonamides is 1. The number of nitrogens with one attached hydrogen (secondary N) is 1. The maximum atomic E-state index is 13.7. The van der Waals surface area contributed by atoms with E-state index in [1.54, 1.807) is 19.1 Å². The lowest BCUT2D eigenvalue weighted by molar-refractivity contribution is -0.140. The highest BCUT2D eigenvalue weighted by Crippen LogP contribution is 2.27. The van der Waals surface area contributed by atoms with Crippen molar-refractivity contribution in [1.29, 1.82) is 0 Å². The summed E-state index contributed by atoms with van der Waals surface area (Å²) in [6, 6.07) is 11.8. The van der Waals surface area contributed by atoms with E-state index in [9.17, 15) is 18.0 Å². The molecule has 2 rings (SSSR count). The van der Waals surface area contributed by atoms with Crippen molar-refractivity contribution < 1.29 is 18.0 Å². The Morgan fingerprint density at radius 3 is 2.20 bits per heavy atom. The number of hydrogen-bond acceptors (Lipinski definition) is 4. The van der Waals surface area contributed by atoms with Crippen LogP contribution >= 0.6 is 11.6 Å². The number of benzene rings is 2. The number of carbonyl (C=O) groups is 2. The molecule has 2 amide bonds. The lowest BCUT2D eigenvalue weighted by atomic mass is 10.1. The van der Waals surface area contributed by atoms with E-state index in [4.69, 9.17) is 11.6 Å². The molecular formula is C26H36ClN3O4S. The Kier molecular flexibility index (Phi) is 10.2. The summed E-state index contributed by atoms with van der Waals surface area (Å²) >= 11 is 6.14. The second-order valence-electron chi connectivity index (χ2n) is 8.95. The summed E-state index contributed by atoms with van der Waals surface area (Å²) in [7, 11) is -3.81. The van der Waals surface area contributed by atoms with Gasteiger partial charge in [0.05, 0.1) is 11.9 Å². The van der Waals surface area contributed by atoms with E-state index in [1.165, 1.54) is 11.0 Å². The normalized spacial score (nSPS) is 13.1. The van der Waals surface area contributed by atoms with Gasteiger partial charge >= 0.3 is 0 Å². The number of hydrogen-bond donors (Lipinski definition) is 1. The molecule has 0 spiro atoms. The second-order valence-corrected chi connectivity index (χ2v) is 11.3. The van der Waals surface area contributed by atoms with Crippen molar-refractivity contribution in [1.82, 2.24) is 10.2 Å². The molecule has 2 atom stereocenters. The molecule has 0 heterocycles. The zero-order valence-electron chi connectivity index (χ0n) is 21.3. The van der Waals surface area contributed by atoms with Crippen LogP contribution in [0.25, 0.3) is 0 Å². The van der Waals surface area contributed by atoms with Gasteiger partial charge in [-0.1, -0.05) is 61.3 Å². The molecule has 2 aromatic carbocycles. The van der Waals surface area contributed by atoms with E-state index in [0.717, 1.165) is 28.1 Å². The fourth-order valence-electron chi connectivity index (χ4n) is 3.70. The van der Waals surface area contributed by atoms with Crippen LogP contribution in [0.4, 0.5) is 5.69 Å². The highest BCUT2D eigenvalue weighted by atomic mass is 35.5. The first-order valence-electron chi connectivity index (χ1n) is 11.8. The summed E-state index contributed by atoms with van der Waals surface area (Å²) in [6.45, 7) is 9.18. The van der Waals surface area contributed by atoms with Crippen LogP contribution in [0.3, 0.4) is 0 Å². The number of nitrogens with zero attached hydrogens (tertiary/aromatic N) is 2. The molecule has 2 aromatic rings. The van der Waals surface area contributed by atoms with Gasteiger partial charge in [0.2, 0.25) is 21.8 Å². The summed E-state index contributed by atoms with van der Waals surface area (Å²) in [4.78, 5) is 28.3. The van der Waals surface area contributed by atoms with Crippen LogP contribution in [0, 0.1) is 13.8 Å². The molecule has 0 radical (unpaired) electrons. The Bertz CT molecular complexity index is 1140. The molecule has 1 N–H and O–H groups in total. The minimum absolute atomic E-state index is 0.0468. The smallest absolute Gasteiger partial charge is 0.244 e. The molecule has 9 heteroatoms. The van der Waals surface area contributed by atoms with Gasteiger partial charge in [0.25, 0.3) is 0 Å². The molecule has 192 valence electrons. The fraction of sp³-hybridized carbons (Fsp3) is 0.462. The van der Waals surface area contributed by atoms with Crippen LogP contribution in [-0.2, 0) is 26.2 Å². The number of carbonyl (C=O) groups excluding carboxylic acids is 2. The van der Waals surface area contributed by atoms with Crippen LogP contribution in [0.2, 0.25) is 5.02 Å². The summed E-state index contributed by atoms with van der Waals surface area (Å²) in [5.41, 5.74) is 2.93. The number of aryl methyl sites for hydroxylation is 2. The van der Waals surface area contributed by atoms with Crippen molar-refractivity contribution in [2.24, 2.45) is 0 Å². The average Bonchev–Trinajstić information content (AvgIpc) is 2.79. The molecule has 0 saturated carbocycles. The number of anilines is 1. The zero-order valence-corrected chi connectivity index (χ0v) is 22.9. The predicted molar refractivity (Wildman–Crippen MR) is 142 cm³/mol.